The molecule has 1 N–H and O–H groups in total. The number of hydrogen-bond donors (Lipinski definition) is 1. The van der Waals surface area contributed by atoms with Crippen LogP contribution in [0.5, 0.6) is 0 Å². The zero-order chi connectivity index (χ0) is 14.5. The van der Waals surface area contributed by atoms with Crippen molar-refractivity contribution in [3.05, 3.63) is 15.6 Å². The molecule has 1 saturated carbocycles. The molecule has 1 aliphatic rings. The van der Waals surface area contributed by atoms with E-state index in [1.807, 2.05) is 11.3 Å². The highest BCUT2D eigenvalue weighted by molar-refractivity contribution is 7.11. The van der Waals surface area contributed by atoms with Crippen LogP contribution < -0.4 is 5.32 Å². The van der Waals surface area contributed by atoms with Gasteiger partial charge in [-0.25, -0.2) is 4.98 Å². The molecule has 114 valence electrons. The lowest BCUT2D eigenvalue weighted by atomic mass is 9.80. The van der Waals surface area contributed by atoms with Crippen LogP contribution in [-0.2, 0) is 6.54 Å². The lowest BCUT2D eigenvalue weighted by molar-refractivity contribution is 0.314. The van der Waals surface area contributed by atoms with Crippen molar-refractivity contribution in [1.29, 1.82) is 0 Å². The highest BCUT2D eigenvalue weighted by Crippen LogP contribution is 2.39. The molecule has 0 radical (unpaired) electrons. The zero-order valence-electron chi connectivity index (χ0n) is 13.5. The van der Waals surface area contributed by atoms with Crippen molar-refractivity contribution < 1.29 is 0 Å². The molecule has 1 aromatic heterocycles. The van der Waals surface area contributed by atoms with Crippen LogP contribution >= 0.6 is 11.3 Å². The van der Waals surface area contributed by atoms with Gasteiger partial charge in [-0.15, -0.1) is 11.3 Å². The molecule has 2 unspecified atom stereocenters. The third-order valence-electron chi connectivity index (χ3n) is 4.46. The van der Waals surface area contributed by atoms with Crippen LogP contribution in [0.3, 0.4) is 0 Å². The Labute approximate surface area is 128 Å². The van der Waals surface area contributed by atoms with Gasteiger partial charge < -0.3 is 5.32 Å². The third kappa shape index (κ3) is 4.29. The molecule has 2 nitrogen and oxygen atoms in total. The Balaban J connectivity index is 1.95. The van der Waals surface area contributed by atoms with E-state index in [4.69, 9.17) is 4.98 Å². The summed E-state index contributed by atoms with van der Waals surface area (Å²) in [5.41, 5.74) is 1.25. The van der Waals surface area contributed by atoms with Gasteiger partial charge in [-0.1, -0.05) is 40.0 Å². The normalized spacial score (nSPS) is 23.4. The Kier molecular flexibility index (Phi) is 6.03. The van der Waals surface area contributed by atoms with Crippen LogP contribution in [0.25, 0.3) is 0 Å². The molecule has 0 aromatic carbocycles. The number of nitrogens with zero attached hydrogens (tertiary/aromatic N) is 1. The van der Waals surface area contributed by atoms with E-state index in [2.05, 4.69) is 33.0 Å². The van der Waals surface area contributed by atoms with Crippen molar-refractivity contribution in [3.8, 4) is 0 Å². The van der Waals surface area contributed by atoms with Crippen molar-refractivity contribution in [1.82, 2.24) is 10.3 Å². The third-order valence-corrected chi connectivity index (χ3v) is 5.78. The summed E-state index contributed by atoms with van der Waals surface area (Å²) in [6.07, 6.45) is 6.87. The van der Waals surface area contributed by atoms with Gasteiger partial charge in [0.1, 0.15) is 0 Å². The highest BCUT2D eigenvalue weighted by Gasteiger charge is 2.25. The maximum Gasteiger partial charge on any atom is 0.0962 e. The average Bonchev–Trinajstić information content (AvgIpc) is 2.80. The molecule has 0 amide bonds. The molecule has 1 fully saturated rings. The predicted octanol–water partition coefficient (Wildman–Crippen LogP) is 4.88. The van der Waals surface area contributed by atoms with Crippen LogP contribution in [0.2, 0.25) is 0 Å². The van der Waals surface area contributed by atoms with Gasteiger partial charge in [-0.3, -0.25) is 0 Å². The zero-order valence-corrected chi connectivity index (χ0v) is 14.4. The van der Waals surface area contributed by atoms with E-state index in [1.165, 1.54) is 47.7 Å². The summed E-state index contributed by atoms with van der Waals surface area (Å²) < 4.78 is 0. The second kappa shape index (κ2) is 7.56. The first kappa shape index (κ1) is 16.0. The molecule has 0 saturated heterocycles. The lowest BCUT2D eigenvalue weighted by Crippen LogP contribution is -2.18. The lowest BCUT2D eigenvalue weighted by Gasteiger charge is -2.26. The predicted molar refractivity (Wildman–Crippen MR) is 88.4 cm³/mol. The van der Waals surface area contributed by atoms with E-state index >= 15 is 0 Å². The van der Waals surface area contributed by atoms with Crippen molar-refractivity contribution in [3.63, 3.8) is 0 Å². The van der Waals surface area contributed by atoms with Crippen molar-refractivity contribution in [2.24, 2.45) is 11.8 Å². The van der Waals surface area contributed by atoms with E-state index < -0.39 is 0 Å². The fourth-order valence-electron chi connectivity index (χ4n) is 3.15. The summed E-state index contributed by atoms with van der Waals surface area (Å²) in [7, 11) is 0. The second-order valence-corrected chi connectivity index (χ2v) is 7.84. The van der Waals surface area contributed by atoms with E-state index in [9.17, 15) is 0 Å². The van der Waals surface area contributed by atoms with Crippen molar-refractivity contribution in [2.45, 2.75) is 72.3 Å². The summed E-state index contributed by atoms with van der Waals surface area (Å²) in [5, 5.41) is 4.95. The Morgan fingerprint density at radius 2 is 2.15 bits per heavy atom. The van der Waals surface area contributed by atoms with Crippen LogP contribution in [-0.4, -0.2) is 11.5 Å². The van der Waals surface area contributed by atoms with Gasteiger partial charge in [0, 0.05) is 17.3 Å². The Morgan fingerprint density at radius 3 is 2.85 bits per heavy atom. The standard InChI is InChI=1S/C17H30N2S/c1-5-14-7-6-8-15(9-14)17-19-13(4)16(20-17)11-18-10-12(2)3/h12,14-15,18H,5-11H2,1-4H3. The molecule has 0 aliphatic heterocycles. The number of aryl methyl sites for hydroxylation is 1. The second-order valence-electron chi connectivity index (χ2n) is 6.72. The molecule has 20 heavy (non-hydrogen) atoms. The monoisotopic (exact) mass is 294 g/mol. The molecule has 2 atom stereocenters. The molecule has 3 heteroatoms. The number of rotatable bonds is 6. The molecule has 0 bridgehead atoms. The smallest absolute Gasteiger partial charge is 0.0962 e. The molecule has 1 heterocycles. The summed E-state index contributed by atoms with van der Waals surface area (Å²) in [5.74, 6) is 2.38. The van der Waals surface area contributed by atoms with Gasteiger partial charge in [-0.05, 0) is 38.1 Å². The van der Waals surface area contributed by atoms with Crippen LogP contribution in [0, 0.1) is 18.8 Å². The van der Waals surface area contributed by atoms with Crippen molar-refractivity contribution in [2.75, 3.05) is 6.54 Å². The fraction of sp³-hybridized carbons (Fsp3) is 0.824. The molecule has 1 aromatic rings. The maximum atomic E-state index is 4.88. The van der Waals surface area contributed by atoms with E-state index in [0.29, 0.717) is 5.92 Å². The summed E-state index contributed by atoms with van der Waals surface area (Å²) in [4.78, 5) is 6.32. The maximum absolute atomic E-state index is 4.88. The van der Waals surface area contributed by atoms with Crippen LogP contribution in [0.1, 0.15) is 74.4 Å². The minimum Gasteiger partial charge on any atom is -0.312 e. The largest absolute Gasteiger partial charge is 0.312 e. The SMILES string of the molecule is CCC1CCCC(c2nc(C)c(CNCC(C)C)s2)C1. The van der Waals surface area contributed by atoms with Gasteiger partial charge >= 0.3 is 0 Å². The van der Waals surface area contributed by atoms with E-state index in [0.717, 1.165) is 24.9 Å². The molecular weight excluding hydrogens is 264 g/mol. The molecule has 1 aliphatic carbocycles. The van der Waals surface area contributed by atoms with Crippen LogP contribution in [0.15, 0.2) is 0 Å². The average molecular weight is 295 g/mol. The Morgan fingerprint density at radius 1 is 1.35 bits per heavy atom. The summed E-state index contributed by atoms with van der Waals surface area (Å²) in [6, 6.07) is 0. The van der Waals surface area contributed by atoms with Gasteiger partial charge in [0.15, 0.2) is 0 Å². The Bertz CT molecular complexity index is 411. The summed E-state index contributed by atoms with van der Waals surface area (Å²) >= 11 is 1.96. The molecule has 0 spiro atoms. The first-order valence-corrected chi connectivity index (χ1v) is 9.08. The number of nitrogens with one attached hydrogen (secondary N) is 1. The van der Waals surface area contributed by atoms with Gasteiger partial charge in [0.25, 0.3) is 0 Å². The molecule has 2 rings (SSSR count). The van der Waals surface area contributed by atoms with Gasteiger partial charge in [-0.2, -0.15) is 0 Å². The fourth-order valence-corrected chi connectivity index (χ4v) is 4.33. The van der Waals surface area contributed by atoms with Crippen molar-refractivity contribution >= 4 is 11.3 Å². The van der Waals surface area contributed by atoms with Crippen LogP contribution in [0.4, 0.5) is 0 Å². The summed E-state index contributed by atoms with van der Waals surface area (Å²) in [6.45, 7) is 11.1. The molecular formula is C17H30N2S. The topological polar surface area (TPSA) is 24.9 Å². The highest BCUT2D eigenvalue weighted by atomic mass is 32.1. The van der Waals surface area contributed by atoms with E-state index in [1.54, 1.807) is 0 Å². The number of thiazole rings is 1. The first-order valence-electron chi connectivity index (χ1n) is 8.27. The van der Waals surface area contributed by atoms with Gasteiger partial charge in [0.2, 0.25) is 0 Å². The number of hydrogen-bond acceptors (Lipinski definition) is 3. The number of aromatic nitrogens is 1. The van der Waals surface area contributed by atoms with E-state index in [-0.39, 0.29) is 0 Å². The minimum absolute atomic E-state index is 0.714. The minimum atomic E-state index is 0.714. The first-order chi connectivity index (χ1) is 9.60. The van der Waals surface area contributed by atoms with Gasteiger partial charge in [0.05, 0.1) is 10.7 Å². The Hall–Kier alpha value is -0.410. The quantitative estimate of drug-likeness (QED) is 0.808.